The van der Waals surface area contributed by atoms with Gasteiger partial charge in [0.05, 0.1) is 12.2 Å². The molecule has 0 saturated carbocycles. The molecule has 1 aliphatic rings. The lowest BCUT2D eigenvalue weighted by molar-refractivity contribution is -0.287. The normalized spacial score (nSPS) is 32.2. The predicted octanol–water partition coefficient (Wildman–Crippen LogP) is -4.33. The first-order chi connectivity index (χ1) is 10.2. The van der Waals surface area contributed by atoms with Crippen LogP contribution in [-0.4, -0.2) is 60.6 Å². The Kier molecular flexibility index (Phi) is 4.40. The third-order valence-electron chi connectivity index (χ3n) is 3.82. The highest BCUT2D eigenvalue weighted by Gasteiger charge is 2.45. The van der Waals surface area contributed by atoms with Crippen LogP contribution in [0.3, 0.4) is 0 Å². The maximum absolute atomic E-state index is 12.1. The molecule has 2 rings (SSSR count). The smallest absolute Gasteiger partial charge is 0.329 e. The Bertz CT molecular complexity index is 679. The van der Waals surface area contributed by atoms with E-state index in [1.807, 2.05) is 0 Å². The zero-order valence-electron chi connectivity index (χ0n) is 11.9. The summed E-state index contributed by atoms with van der Waals surface area (Å²) in [5.74, 6) is -0.975. The fourth-order valence-corrected chi connectivity index (χ4v) is 2.44. The molecule has 4 N–H and O–H groups in total. The van der Waals surface area contributed by atoms with Crippen LogP contribution in [0.4, 0.5) is 0 Å². The first-order valence-corrected chi connectivity index (χ1v) is 6.49. The van der Waals surface area contributed by atoms with Crippen LogP contribution in [0.25, 0.3) is 0 Å². The molecule has 10 heteroatoms. The molecule has 0 aliphatic carbocycles. The number of ether oxygens (including phenoxy) is 1. The predicted molar refractivity (Wildman–Crippen MR) is 69.1 cm³/mol. The summed E-state index contributed by atoms with van der Waals surface area (Å²) in [7, 11) is 2.30. The number of rotatable bonds is 2. The summed E-state index contributed by atoms with van der Waals surface area (Å²) in [4.78, 5) is 23.8. The number of aliphatic hydroxyl groups excluding tert-OH is 4. The van der Waals surface area contributed by atoms with E-state index in [9.17, 15) is 30.0 Å². The summed E-state index contributed by atoms with van der Waals surface area (Å²) in [6.07, 6.45) is -7.94. The molecule has 0 radical (unpaired) electrons. The van der Waals surface area contributed by atoms with Crippen molar-refractivity contribution in [1.82, 2.24) is 9.13 Å². The second-order valence-electron chi connectivity index (χ2n) is 5.17. The Morgan fingerprint density at radius 3 is 2.23 bits per heavy atom. The topological polar surface area (TPSA) is 157 Å². The summed E-state index contributed by atoms with van der Waals surface area (Å²) in [6, 6.07) is 0. The van der Waals surface area contributed by atoms with Gasteiger partial charge < -0.3 is 34.8 Å². The van der Waals surface area contributed by atoms with E-state index in [1.54, 1.807) is 0 Å². The Labute approximate surface area is 124 Å². The van der Waals surface area contributed by atoms with E-state index in [-0.39, 0.29) is 0 Å². The van der Waals surface area contributed by atoms with Gasteiger partial charge in [0.15, 0.2) is 0 Å². The van der Waals surface area contributed by atoms with Gasteiger partial charge in [-0.2, -0.15) is 0 Å². The summed E-state index contributed by atoms with van der Waals surface area (Å²) < 4.78 is 6.52. The Hall–Kier alpha value is -1.72. The van der Waals surface area contributed by atoms with Crippen molar-refractivity contribution in [3.8, 4) is 5.88 Å². The SMILES string of the molecule is Cn1c([O-])c([C@@H]2O[C@H](CO)[C@H](O)[C@H](O)[C@H]2O)c(=O)n(C)c1=O. The quantitative estimate of drug-likeness (QED) is 0.426. The zero-order valence-corrected chi connectivity index (χ0v) is 11.9. The largest absolute Gasteiger partial charge is 0.860 e. The number of hydrogen-bond donors (Lipinski definition) is 4. The molecule has 1 aliphatic heterocycles. The van der Waals surface area contributed by atoms with Crippen molar-refractivity contribution in [2.75, 3.05) is 6.61 Å². The molecule has 1 saturated heterocycles. The van der Waals surface area contributed by atoms with Gasteiger partial charge in [-0.15, -0.1) is 0 Å². The van der Waals surface area contributed by atoms with E-state index in [1.165, 1.54) is 0 Å². The molecule has 5 atom stereocenters. The molecule has 0 spiro atoms. The third kappa shape index (κ3) is 2.34. The molecule has 0 unspecified atom stereocenters. The number of aliphatic hydroxyl groups is 4. The summed E-state index contributed by atoms with van der Waals surface area (Å²) in [6.45, 7) is -0.693. The van der Waals surface area contributed by atoms with Gasteiger partial charge in [0.2, 0.25) is 0 Å². The summed E-state index contributed by atoms with van der Waals surface area (Å²) >= 11 is 0. The van der Waals surface area contributed by atoms with Gasteiger partial charge in [0.1, 0.15) is 30.5 Å². The van der Waals surface area contributed by atoms with Crippen LogP contribution in [0.2, 0.25) is 0 Å². The van der Waals surface area contributed by atoms with Crippen molar-refractivity contribution in [3.63, 3.8) is 0 Å². The minimum absolute atomic E-state index is 0.554. The van der Waals surface area contributed by atoms with Gasteiger partial charge in [0.25, 0.3) is 5.56 Å². The fourth-order valence-electron chi connectivity index (χ4n) is 2.44. The molecule has 22 heavy (non-hydrogen) atoms. The first kappa shape index (κ1) is 16.6. The van der Waals surface area contributed by atoms with E-state index in [0.29, 0.717) is 9.13 Å². The highest BCUT2D eigenvalue weighted by Crippen LogP contribution is 2.33. The first-order valence-electron chi connectivity index (χ1n) is 6.49. The molecular formula is C12H17N2O8-. The van der Waals surface area contributed by atoms with Crippen molar-refractivity contribution in [2.45, 2.75) is 30.5 Å². The molecule has 0 bridgehead atoms. The van der Waals surface area contributed by atoms with E-state index >= 15 is 0 Å². The second kappa shape index (κ2) is 5.82. The lowest BCUT2D eigenvalue weighted by Crippen LogP contribution is -2.56. The van der Waals surface area contributed by atoms with Crippen molar-refractivity contribution >= 4 is 0 Å². The van der Waals surface area contributed by atoms with Gasteiger partial charge in [-0.25, -0.2) is 4.79 Å². The van der Waals surface area contributed by atoms with Gasteiger partial charge in [-0.05, 0) is 5.88 Å². The molecule has 2 heterocycles. The van der Waals surface area contributed by atoms with Crippen LogP contribution in [-0.2, 0) is 18.8 Å². The summed E-state index contributed by atoms with van der Waals surface area (Å²) in [5.41, 5.74) is -2.37. The van der Waals surface area contributed by atoms with Crippen LogP contribution >= 0.6 is 0 Å². The van der Waals surface area contributed by atoms with Crippen LogP contribution < -0.4 is 16.4 Å². The second-order valence-corrected chi connectivity index (χ2v) is 5.17. The van der Waals surface area contributed by atoms with E-state index in [0.717, 1.165) is 14.1 Å². The highest BCUT2D eigenvalue weighted by molar-refractivity contribution is 5.27. The van der Waals surface area contributed by atoms with Crippen molar-refractivity contribution in [2.24, 2.45) is 14.1 Å². The van der Waals surface area contributed by atoms with Crippen LogP contribution in [0, 0.1) is 0 Å². The van der Waals surface area contributed by atoms with Gasteiger partial charge in [-0.1, -0.05) is 0 Å². The zero-order chi connectivity index (χ0) is 16.8. The molecule has 124 valence electrons. The number of aromatic nitrogens is 2. The monoisotopic (exact) mass is 317 g/mol. The molecular weight excluding hydrogens is 300 g/mol. The van der Waals surface area contributed by atoms with E-state index in [4.69, 9.17) is 9.84 Å². The molecule has 10 nitrogen and oxygen atoms in total. The average Bonchev–Trinajstić information content (AvgIpc) is 2.51. The lowest BCUT2D eigenvalue weighted by atomic mass is 9.92. The maximum atomic E-state index is 12.1. The Balaban J connectivity index is 2.61. The van der Waals surface area contributed by atoms with Crippen molar-refractivity contribution in [3.05, 3.63) is 26.4 Å². The minimum atomic E-state index is -1.77. The molecule has 1 aromatic heterocycles. The summed E-state index contributed by atoms with van der Waals surface area (Å²) in [5, 5.41) is 50.7. The third-order valence-corrected chi connectivity index (χ3v) is 3.82. The molecule has 0 amide bonds. The van der Waals surface area contributed by atoms with Gasteiger partial charge in [-0.3, -0.25) is 9.36 Å². The molecule has 1 fully saturated rings. The van der Waals surface area contributed by atoms with Gasteiger partial charge in [0, 0.05) is 14.1 Å². The highest BCUT2D eigenvalue weighted by atomic mass is 16.5. The van der Waals surface area contributed by atoms with Crippen molar-refractivity contribution < 1.29 is 30.3 Å². The van der Waals surface area contributed by atoms with E-state index < -0.39 is 59.8 Å². The van der Waals surface area contributed by atoms with Gasteiger partial charge >= 0.3 is 5.69 Å². The molecule has 1 aromatic rings. The fraction of sp³-hybridized carbons (Fsp3) is 0.667. The molecule has 0 aromatic carbocycles. The Morgan fingerprint density at radius 2 is 1.68 bits per heavy atom. The Morgan fingerprint density at radius 1 is 1.09 bits per heavy atom. The number of nitrogens with zero attached hydrogens (tertiary/aromatic N) is 2. The average molecular weight is 317 g/mol. The van der Waals surface area contributed by atoms with Crippen LogP contribution in [0.1, 0.15) is 11.7 Å². The minimum Gasteiger partial charge on any atom is -0.860 e. The number of hydrogen-bond acceptors (Lipinski definition) is 8. The van der Waals surface area contributed by atoms with Crippen molar-refractivity contribution in [1.29, 1.82) is 0 Å². The maximum Gasteiger partial charge on any atom is 0.329 e. The van der Waals surface area contributed by atoms with Crippen LogP contribution in [0.5, 0.6) is 5.88 Å². The standard InChI is InChI=1S/C12H18N2O8/c1-13-10(19)5(11(20)14(2)12(13)21)9-8(18)7(17)6(16)4(3-15)22-9/h4,6-9,15-19H,3H2,1-2H3/p-1/t4-,6+,7+,8-,9+/m1/s1. The van der Waals surface area contributed by atoms with Crippen LogP contribution in [0.15, 0.2) is 9.59 Å². The lowest BCUT2D eigenvalue weighted by Gasteiger charge is -2.41. The van der Waals surface area contributed by atoms with E-state index in [2.05, 4.69) is 0 Å².